The van der Waals surface area contributed by atoms with Crippen LogP contribution in [0.15, 0.2) is 84.9 Å². The highest BCUT2D eigenvalue weighted by Crippen LogP contribution is 2.18. The molecule has 0 aliphatic carbocycles. The van der Waals surface area contributed by atoms with Crippen LogP contribution in [0.5, 0.6) is 5.75 Å². The maximum atomic E-state index is 10.1. The van der Waals surface area contributed by atoms with Gasteiger partial charge in [-0.2, -0.15) is 0 Å². The first kappa shape index (κ1) is 19.2. The predicted molar refractivity (Wildman–Crippen MR) is 110 cm³/mol. The van der Waals surface area contributed by atoms with E-state index < -0.39 is 0 Å². The molecule has 27 heavy (non-hydrogen) atoms. The Morgan fingerprint density at radius 3 is 1.70 bits per heavy atom. The minimum absolute atomic E-state index is 0.0406. The van der Waals surface area contributed by atoms with Crippen molar-refractivity contribution in [1.82, 2.24) is 4.90 Å². The van der Waals surface area contributed by atoms with Crippen LogP contribution >= 0.6 is 0 Å². The lowest BCUT2D eigenvalue weighted by Gasteiger charge is -2.31. The zero-order valence-electron chi connectivity index (χ0n) is 15.8. The molecule has 0 amide bonds. The molecule has 0 saturated carbocycles. The Balaban J connectivity index is 1.79. The van der Waals surface area contributed by atoms with E-state index >= 15 is 0 Å². The van der Waals surface area contributed by atoms with Gasteiger partial charge in [-0.05, 0) is 35.2 Å². The number of hydrogen-bond acceptors (Lipinski definition) is 3. The predicted octanol–water partition coefficient (Wildman–Crippen LogP) is 4.30. The molecule has 1 atom stereocenters. The van der Waals surface area contributed by atoms with Gasteiger partial charge < -0.3 is 9.84 Å². The van der Waals surface area contributed by atoms with Gasteiger partial charge in [0.05, 0.1) is 13.7 Å². The summed E-state index contributed by atoms with van der Waals surface area (Å²) in [7, 11) is 1.67. The lowest BCUT2D eigenvalue weighted by atomic mass is 10.0. The van der Waals surface area contributed by atoms with Crippen molar-refractivity contribution in [3.63, 3.8) is 0 Å². The molecule has 3 aromatic rings. The molecule has 3 nitrogen and oxygen atoms in total. The molecule has 0 radical (unpaired) electrons. The van der Waals surface area contributed by atoms with E-state index in [0.717, 1.165) is 25.3 Å². The van der Waals surface area contributed by atoms with Crippen LogP contribution in [0.25, 0.3) is 0 Å². The number of hydrogen-bond donors (Lipinski definition) is 1. The van der Waals surface area contributed by atoms with E-state index in [0.29, 0.717) is 0 Å². The van der Waals surface area contributed by atoms with Crippen molar-refractivity contribution in [3.05, 3.63) is 102 Å². The number of methoxy groups -OCH3 is 1. The van der Waals surface area contributed by atoms with E-state index in [1.54, 1.807) is 7.11 Å². The fraction of sp³-hybridized carbons (Fsp3) is 0.250. The molecule has 0 saturated heterocycles. The number of aliphatic hydroxyl groups is 1. The van der Waals surface area contributed by atoms with Crippen molar-refractivity contribution >= 4 is 0 Å². The molecule has 0 bridgehead atoms. The van der Waals surface area contributed by atoms with E-state index in [1.165, 1.54) is 16.7 Å². The van der Waals surface area contributed by atoms with Gasteiger partial charge >= 0.3 is 0 Å². The lowest BCUT2D eigenvalue weighted by molar-refractivity contribution is 0.109. The van der Waals surface area contributed by atoms with Gasteiger partial charge in [-0.3, -0.25) is 4.90 Å². The van der Waals surface area contributed by atoms with Crippen LogP contribution in [0.3, 0.4) is 0 Å². The van der Waals surface area contributed by atoms with Crippen molar-refractivity contribution < 1.29 is 9.84 Å². The first-order chi connectivity index (χ1) is 13.3. The van der Waals surface area contributed by atoms with Crippen LogP contribution in [0.1, 0.15) is 16.7 Å². The van der Waals surface area contributed by atoms with Gasteiger partial charge in [0.25, 0.3) is 0 Å². The maximum Gasteiger partial charge on any atom is 0.118 e. The Hall–Kier alpha value is -2.62. The molecule has 0 unspecified atom stereocenters. The van der Waals surface area contributed by atoms with Crippen LogP contribution in [-0.4, -0.2) is 29.8 Å². The summed E-state index contributed by atoms with van der Waals surface area (Å²) in [5.41, 5.74) is 3.70. The molecule has 140 valence electrons. The second-order valence-corrected chi connectivity index (χ2v) is 6.76. The average Bonchev–Trinajstić information content (AvgIpc) is 2.73. The summed E-state index contributed by atoms with van der Waals surface area (Å²) in [5, 5.41) is 10.1. The van der Waals surface area contributed by atoms with Gasteiger partial charge in [0.2, 0.25) is 0 Å². The Kier molecular flexibility index (Phi) is 7.03. The minimum atomic E-state index is 0.0406. The molecular formula is C24H27NO2. The summed E-state index contributed by atoms with van der Waals surface area (Å²) in [6.07, 6.45) is 0.792. The summed E-state index contributed by atoms with van der Waals surface area (Å²) in [6, 6.07) is 29.0. The molecule has 0 spiro atoms. The van der Waals surface area contributed by atoms with Gasteiger partial charge in [-0.25, -0.2) is 0 Å². The van der Waals surface area contributed by atoms with E-state index in [9.17, 15) is 5.11 Å². The molecule has 0 aliphatic rings. The van der Waals surface area contributed by atoms with Crippen LogP contribution < -0.4 is 4.74 Å². The summed E-state index contributed by atoms with van der Waals surface area (Å²) in [5.74, 6) is 0.852. The van der Waals surface area contributed by atoms with Gasteiger partial charge in [0.15, 0.2) is 0 Å². The van der Waals surface area contributed by atoms with Crippen LogP contribution in [0, 0.1) is 0 Å². The molecule has 0 fully saturated rings. The van der Waals surface area contributed by atoms with Gasteiger partial charge in [-0.1, -0.05) is 72.8 Å². The first-order valence-corrected chi connectivity index (χ1v) is 9.34. The minimum Gasteiger partial charge on any atom is -0.497 e. The highest BCUT2D eigenvalue weighted by Gasteiger charge is 2.19. The zero-order valence-corrected chi connectivity index (χ0v) is 15.8. The molecule has 0 aromatic heterocycles. The monoisotopic (exact) mass is 361 g/mol. The third-order valence-electron chi connectivity index (χ3n) is 4.81. The summed E-state index contributed by atoms with van der Waals surface area (Å²) >= 11 is 0. The fourth-order valence-corrected chi connectivity index (χ4v) is 3.29. The highest BCUT2D eigenvalue weighted by atomic mass is 16.5. The van der Waals surface area contributed by atoms with E-state index in [-0.39, 0.29) is 12.6 Å². The molecule has 0 aliphatic heterocycles. The zero-order chi connectivity index (χ0) is 18.9. The van der Waals surface area contributed by atoms with Gasteiger partial charge in [0.1, 0.15) is 5.75 Å². The lowest BCUT2D eigenvalue weighted by Crippen LogP contribution is -2.38. The van der Waals surface area contributed by atoms with E-state index in [2.05, 4.69) is 65.6 Å². The third kappa shape index (κ3) is 5.68. The Bertz CT molecular complexity index is 746. The Morgan fingerprint density at radius 2 is 1.26 bits per heavy atom. The Labute approximate surface area is 161 Å². The normalized spacial score (nSPS) is 12.1. The second kappa shape index (κ2) is 9.91. The molecule has 1 N–H and O–H groups in total. The summed E-state index contributed by atoms with van der Waals surface area (Å²) < 4.78 is 5.25. The number of benzene rings is 3. The summed E-state index contributed by atoms with van der Waals surface area (Å²) in [6.45, 7) is 1.72. The van der Waals surface area contributed by atoms with Gasteiger partial charge in [0, 0.05) is 19.1 Å². The van der Waals surface area contributed by atoms with Crippen molar-refractivity contribution in [3.8, 4) is 5.75 Å². The fourth-order valence-electron chi connectivity index (χ4n) is 3.29. The molecule has 3 heteroatoms. The number of rotatable bonds is 9. The number of nitrogens with zero attached hydrogens (tertiary/aromatic N) is 1. The quantitative estimate of drug-likeness (QED) is 0.617. The number of aliphatic hydroxyl groups excluding tert-OH is 1. The molecule has 0 heterocycles. The van der Waals surface area contributed by atoms with Crippen molar-refractivity contribution in [2.45, 2.75) is 25.6 Å². The van der Waals surface area contributed by atoms with Crippen molar-refractivity contribution in [2.75, 3.05) is 13.7 Å². The molecule has 3 aromatic carbocycles. The summed E-state index contributed by atoms with van der Waals surface area (Å²) in [4.78, 5) is 2.36. The first-order valence-electron chi connectivity index (χ1n) is 9.34. The van der Waals surface area contributed by atoms with Crippen molar-refractivity contribution in [2.24, 2.45) is 0 Å². The van der Waals surface area contributed by atoms with Crippen LogP contribution in [0.2, 0.25) is 0 Å². The Morgan fingerprint density at radius 1 is 0.741 bits per heavy atom. The van der Waals surface area contributed by atoms with E-state index in [1.807, 2.05) is 24.3 Å². The van der Waals surface area contributed by atoms with E-state index in [4.69, 9.17) is 4.74 Å². The van der Waals surface area contributed by atoms with Crippen LogP contribution in [0.4, 0.5) is 0 Å². The second-order valence-electron chi connectivity index (χ2n) is 6.76. The molecule has 3 rings (SSSR count). The van der Waals surface area contributed by atoms with Crippen LogP contribution in [-0.2, 0) is 19.5 Å². The highest BCUT2D eigenvalue weighted by molar-refractivity contribution is 5.28. The maximum absolute atomic E-state index is 10.1. The number of ether oxygens (including phenoxy) is 1. The van der Waals surface area contributed by atoms with Gasteiger partial charge in [-0.15, -0.1) is 0 Å². The standard InChI is InChI=1S/C24H27NO2/c1-27-24-14-12-20(13-15-24)16-23(19-26)25(17-21-8-4-2-5-9-21)18-22-10-6-3-7-11-22/h2-15,23,26H,16-19H2,1H3/t23-/m1/s1. The smallest absolute Gasteiger partial charge is 0.118 e. The third-order valence-corrected chi connectivity index (χ3v) is 4.81. The topological polar surface area (TPSA) is 32.7 Å². The van der Waals surface area contributed by atoms with Crippen molar-refractivity contribution in [1.29, 1.82) is 0 Å². The molecular weight excluding hydrogens is 334 g/mol. The SMILES string of the molecule is COc1ccc(C[C@H](CO)N(Cc2ccccc2)Cc2ccccc2)cc1. The average molecular weight is 361 g/mol. The largest absolute Gasteiger partial charge is 0.497 e.